The van der Waals surface area contributed by atoms with Gasteiger partial charge in [0.15, 0.2) is 0 Å². The van der Waals surface area contributed by atoms with Gasteiger partial charge >= 0.3 is 0 Å². The summed E-state index contributed by atoms with van der Waals surface area (Å²) in [7, 11) is 1.58. The minimum Gasteiger partial charge on any atom is -0.350 e. The fraction of sp³-hybridized carbons (Fsp3) is 0.567. The standard InChI is InChI=1S/C30H37F2N7O6/c1-3-34-27(44)23(40)7-6-20(35-26(43)22-14-33-16-38(22)2)25(42)36-21-5-4-8-39(28(21)45)15-24(41)37-29-11-17-9-18(12-29)30(31,32)19(10-17)13-29/h4-5,8,14,16-20H,3,6-7,9-13,15H2,1-2H3,(H,34,44)(H,35,43)(H,36,42)(H,37,41)/t17?,18?,19?,20-,29?/m0/s1. The SMILES string of the molecule is CCNC(=O)C(=O)CC[C@H](NC(=O)c1cncn1C)C(=O)Nc1cccn(CC(=O)NC23CC4CC(C2)C(F)(F)C(C4)C3)c1=O. The molecule has 0 aliphatic heterocycles. The number of hydrogen-bond acceptors (Lipinski definition) is 7. The molecular formula is C30H37F2N7O6. The largest absolute Gasteiger partial charge is 0.350 e. The van der Waals surface area contributed by atoms with Gasteiger partial charge < -0.3 is 30.4 Å². The third kappa shape index (κ3) is 6.66. The van der Waals surface area contributed by atoms with Crippen LogP contribution in [0.1, 0.15) is 62.4 Å². The first-order chi connectivity index (χ1) is 21.3. The van der Waals surface area contributed by atoms with Gasteiger partial charge in [-0.05, 0) is 63.5 Å². The van der Waals surface area contributed by atoms with Crippen LogP contribution in [-0.4, -0.2) is 67.6 Å². The Balaban J connectivity index is 1.26. The van der Waals surface area contributed by atoms with Crippen molar-refractivity contribution in [1.82, 2.24) is 30.1 Å². The van der Waals surface area contributed by atoms with E-state index in [9.17, 15) is 37.5 Å². The first-order valence-electron chi connectivity index (χ1n) is 15.1. The second-order valence-electron chi connectivity index (χ2n) is 12.4. The van der Waals surface area contributed by atoms with Crippen molar-refractivity contribution >= 4 is 35.1 Å². The van der Waals surface area contributed by atoms with Gasteiger partial charge in [0.05, 0.1) is 12.5 Å². The molecule has 2 heterocycles. The molecule has 0 spiro atoms. The summed E-state index contributed by atoms with van der Waals surface area (Å²) in [6.45, 7) is 1.50. The number of pyridine rings is 1. The molecule has 0 aromatic carbocycles. The molecule has 13 nitrogen and oxygen atoms in total. The molecule has 2 aromatic heterocycles. The molecule has 4 amide bonds. The third-order valence-corrected chi connectivity index (χ3v) is 9.20. The highest BCUT2D eigenvalue weighted by Crippen LogP contribution is 2.61. The fourth-order valence-electron chi connectivity index (χ4n) is 7.24. The number of carbonyl (C=O) groups is 5. The Morgan fingerprint density at radius 3 is 2.47 bits per heavy atom. The number of carbonyl (C=O) groups excluding carboxylic acids is 5. The Bertz CT molecular complexity index is 1550. The lowest BCUT2D eigenvalue weighted by molar-refractivity contribution is -0.211. The summed E-state index contributed by atoms with van der Waals surface area (Å²) in [6, 6.07) is 1.48. The molecular weight excluding hydrogens is 592 g/mol. The number of alkyl halides is 2. The van der Waals surface area contributed by atoms with Crippen molar-refractivity contribution in [1.29, 1.82) is 0 Å². The third-order valence-electron chi connectivity index (χ3n) is 9.20. The number of ketones is 1. The number of nitrogens with zero attached hydrogens (tertiary/aromatic N) is 3. The maximum atomic E-state index is 14.7. The normalized spacial score (nSPS) is 24.8. The summed E-state index contributed by atoms with van der Waals surface area (Å²) in [6.07, 6.45) is 5.45. The first-order valence-corrected chi connectivity index (χ1v) is 15.1. The highest BCUT2D eigenvalue weighted by atomic mass is 19.3. The molecule has 4 fully saturated rings. The van der Waals surface area contributed by atoms with Crippen LogP contribution >= 0.6 is 0 Å². The summed E-state index contributed by atoms with van der Waals surface area (Å²) < 4.78 is 31.9. The van der Waals surface area contributed by atoms with Gasteiger partial charge in [-0.15, -0.1) is 0 Å². The summed E-state index contributed by atoms with van der Waals surface area (Å²) in [5.41, 5.74) is -1.46. The summed E-state index contributed by atoms with van der Waals surface area (Å²) in [4.78, 5) is 80.5. The van der Waals surface area contributed by atoms with Gasteiger partial charge in [0.2, 0.25) is 17.6 Å². The average Bonchev–Trinajstić information content (AvgIpc) is 3.41. The number of likely N-dealkylation sites (N-methyl/N-ethyl adjacent to an activating group) is 1. The number of aromatic nitrogens is 3. The minimum absolute atomic E-state index is 0.138. The van der Waals surface area contributed by atoms with Gasteiger partial charge in [0.1, 0.15) is 24.0 Å². The van der Waals surface area contributed by atoms with E-state index in [0.717, 1.165) is 4.57 Å². The predicted octanol–water partition coefficient (Wildman–Crippen LogP) is 1.13. The molecule has 4 bridgehead atoms. The number of halogens is 2. The number of hydrogen-bond donors (Lipinski definition) is 4. The molecule has 242 valence electrons. The van der Waals surface area contributed by atoms with Gasteiger partial charge in [-0.2, -0.15) is 0 Å². The number of aryl methyl sites for hydroxylation is 1. The van der Waals surface area contributed by atoms with Crippen molar-refractivity contribution in [2.75, 3.05) is 11.9 Å². The van der Waals surface area contributed by atoms with Crippen LogP contribution in [0, 0.1) is 17.8 Å². The topological polar surface area (TPSA) is 173 Å². The van der Waals surface area contributed by atoms with E-state index in [1.165, 1.54) is 35.4 Å². The number of Topliss-reactive ketones (excluding diaryl/α,β-unsaturated/α-hetero) is 1. The van der Waals surface area contributed by atoms with Crippen LogP contribution in [-0.2, 0) is 32.8 Å². The van der Waals surface area contributed by atoms with Crippen molar-refractivity contribution in [2.45, 2.75) is 75.9 Å². The zero-order valence-corrected chi connectivity index (χ0v) is 25.1. The zero-order valence-electron chi connectivity index (χ0n) is 25.1. The fourth-order valence-corrected chi connectivity index (χ4v) is 7.24. The molecule has 4 aliphatic carbocycles. The van der Waals surface area contributed by atoms with Crippen LogP contribution < -0.4 is 26.8 Å². The van der Waals surface area contributed by atoms with Gasteiger partial charge in [-0.25, -0.2) is 13.8 Å². The lowest BCUT2D eigenvalue weighted by Crippen LogP contribution is -2.66. The molecule has 4 N–H and O–H groups in total. The molecule has 2 unspecified atom stereocenters. The Morgan fingerprint density at radius 2 is 1.82 bits per heavy atom. The molecule has 4 aliphatic rings. The summed E-state index contributed by atoms with van der Waals surface area (Å²) in [5, 5.41) is 10.3. The Hall–Kier alpha value is -4.43. The maximum Gasteiger partial charge on any atom is 0.287 e. The molecule has 2 aromatic rings. The highest BCUT2D eigenvalue weighted by Gasteiger charge is 2.64. The monoisotopic (exact) mass is 629 g/mol. The Labute approximate surface area is 257 Å². The number of anilines is 1. The van der Waals surface area contributed by atoms with E-state index in [-0.39, 0.29) is 56.1 Å². The van der Waals surface area contributed by atoms with E-state index in [1.54, 1.807) is 14.0 Å². The highest BCUT2D eigenvalue weighted by molar-refractivity contribution is 6.36. The maximum absolute atomic E-state index is 14.7. The second kappa shape index (κ2) is 12.5. The van der Waals surface area contributed by atoms with Crippen molar-refractivity contribution in [3.8, 4) is 0 Å². The van der Waals surface area contributed by atoms with Gasteiger partial charge in [-0.3, -0.25) is 28.8 Å². The van der Waals surface area contributed by atoms with Crippen molar-refractivity contribution in [3.05, 3.63) is 46.9 Å². The van der Waals surface area contributed by atoms with Crippen LogP contribution in [0.2, 0.25) is 0 Å². The van der Waals surface area contributed by atoms with Crippen LogP contribution in [0.3, 0.4) is 0 Å². The van der Waals surface area contributed by atoms with Crippen molar-refractivity contribution < 1.29 is 32.8 Å². The summed E-state index contributed by atoms with van der Waals surface area (Å²) in [5.74, 6) is -7.66. The minimum atomic E-state index is -2.72. The molecule has 0 saturated heterocycles. The van der Waals surface area contributed by atoms with Gasteiger partial charge in [0.25, 0.3) is 23.3 Å². The van der Waals surface area contributed by atoms with Crippen molar-refractivity contribution in [2.24, 2.45) is 24.8 Å². The molecule has 4 saturated carbocycles. The van der Waals surface area contributed by atoms with Crippen LogP contribution in [0.5, 0.6) is 0 Å². The van der Waals surface area contributed by atoms with E-state index < -0.39 is 64.3 Å². The van der Waals surface area contributed by atoms with Crippen LogP contribution in [0.4, 0.5) is 14.5 Å². The van der Waals surface area contributed by atoms with Crippen LogP contribution in [0.25, 0.3) is 0 Å². The number of nitrogens with one attached hydrogen (secondary N) is 4. The number of imidazole rings is 1. The Morgan fingerprint density at radius 1 is 1.11 bits per heavy atom. The van der Waals surface area contributed by atoms with Crippen LogP contribution in [0.15, 0.2) is 35.6 Å². The molecule has 0 radical (unpaired) electrons. The lowest BCUT2D eigenvalue weighted by Gasteiger charge is -2.59. The lowest BCUT2D eigenvalue weighted by atomic mass is 9.51. The van der Waals surface area contributed by atoms with E-state index in [4.69, 9.17) is 0 Å². The smallest absolute Gasteiger partial charge is 0.287 e. The molecule has 6 rings (SSSR count). The molecule has 15 heteroatoms. The van der Waals surface area contributed by atoms with E-state index in [2.05, 4.69) is 26.3 Å². The quantitative estimate of drug-likeness (QED) is 0.255. The van der Waals surface area contributed by atoms with Gasteiger partial charge in [0, 0.05) is 43.6 Å². The number of rotatable bonds is 12. The molecule has 3 atom stereocenters. The van der Waals surface area contributed by atoms with E-state index in [0.29, 0.717) is 19.3 Å². The zero-order chi connectivity index (χ0) is 32.5. The van der Waals surface area contributed by atoms with E-state index >= 15 is 0 Å². The van der Waals surface area contributed by atoms with Gasteiger partial charge in [-0.1, -0.05) is 0 Å². The van der Waals surface area contributed by atoms with Crippen molar-refractivity contribution in [3.63, 3.8) is 0 Å². The second-order valence-corrected chi connectivity index (χ2v) is 12.4. The molecule has 45 heavy (non-hydrogen) atoms. The first kappa shape index (κ1) is 32.0. The number of amides is 4. The average molecular weight is 630 g/mol. The predicted molar refractivity (Wildman–Crippen MR) is 156 cm³/mol. The summed E-state index contributed by atoms with van der Waals surface area (Å²) >= 11 is 0. The van der Waals surface area contributed by atoms with E-state index in [1.807, 2.05) is 0 Å². The Kier molecular flexibility index (Phi) is 8.90.